The van der Waals surface area contributed by atoms with Crippen molar-refractivity contribution in [1.29, 1.82) is 0 Å². The Kier molecular flexibility index (Phi) is 6.42. The fourth-order valence-electron chi connectivity index (χ4n) is 1.90. The fraction of sp³-hybridized carbons (Fsp3) is 0.429. The smallest absolute Gasteiger partial charge is 0.335 e. The van der Waals surface area contributed by atoms with Crippen LogP contribution in [0.5, 0.6) is 0 Å². The van der Waals surface area contributed by atoms with Gasteiger partial charge in [0.2, 0.25) is 0 Å². The summed E-state index contributed by atoms with van der Waals surface area (Å²) in [6.45, 7) is 0. The summed E-state index contributed by atoms with van der Waals surface area (Å²) in [6.07, 6.45) is 3.85. The van der Waals surface area contributed by atoms with Crippen LogP contribution >= 0.6 is 11.8 Å². The highest BCUT2D eigenvalue weighted by Gasteiger charge is 2.18. The van der Waals surface area contributed by atoms with Crippen LogP contribution in [0.4, 0.5) is 0 Å². The predicted molar refractivity (Wildman–Crippen MR) is 75.8 cm³/mol. The number of rotatable bonds is 8. The van der Waals surface area contributed by atoms with Gasteiger partial charge in [0, 0.05) is 0 Å². The van der Waals surface area contributed by atoms with Crippen LogP contribution < -0.4 is 0 Å². The van der Waals surface area contributed by atoms with Crippen molar-refractivity contribution in [1.82, 2.24) is 0 Å². The maximum Gasteiger partial charge on any atom is 0.335 e. The fourth-order valence-corrected chi connectivity index (χ4v) is 2.36. The summed E-state index contributed by atoms with van der Waals surface area (Å²) in [7, 11) is 0. The molecule has 0 spiro atoms. The molecule has 4 nitrogen and oxygen atoms in total. The minimum absolute atomic E-state index is 0.200. The standard InChI is InChI=1S/C14H18O4S/c1-19-7-3-6-12(14(17)18)9-10-4-2-5-11(8-10)13(15)16/h2,4-5,8,12H,3,6-7,9H2,1H3,(H,15,16)(H,17,18)/t12-/m0/s1. The van der Waals surface area contributed by atoms with Gasteiger partial charge in [0.15, 0.2) is 0 Å². The average molecular weight is 282 g/mol. The van der Waals surface area contributed by atoms with E-state index in [-0.39, 0.29) is 5.56 Å². The number of thioether (sulfide) groups is 1. The Hall–Kier alpha value is -1.49. The highest BCUT2D eigenvalue weighted by atomic mass is 32.2. The summed E-state index contributed by atoms with van der Waals surface area (Å²) in [6, 6.07) is 6.48. The number of hydrogen-bond acceptors (Lipinski definition) is 3. The van der Waals surface area contributed by atoms with Gasteiger partial charge in [-0.05, 0) is 49.0 Å². The summed E-state index contributed by atoms with van der Waals surface area (Å²) >= 11 is 1.70. The third kappa shape index (κ3) is 5.34. The van der Waals surface area contributed by atoms with E-state index in [0.29, 0.717) is 12.8 Å². The first-order valence-electron chi connectivity index (χ1n) is 6.08. The topological polar surface area (TPSA) is 74.6 Å². The lowest BCUT2D eigenvalue weighted by Crippen LogP contribution is -2.17. The quantitative estimate of drug-likeness (QED) is 0.717. The Morgan fingerprint density at radius 3 is 2.63 bits per heavy atom. The first-order valence-corrected chi connectivity index (χ1v) is 7.48. The molecule has 0 saturated carbocycles. The summed E-state index contributed by atoms with van der Waals surface area (Å²) in [5.41, 5.74) is 0.960. The predicted octanol–water partition coefficient (Wildman–Crippen LogP) is 2.77. The zero-order valence-corrected chi connectivity index (χ0v) is 11.7. The van der Waals surface area contributed by atoms with Crippen LogP contribution in [-0.2, 0) is 11.2 Å². The molecular formula is C14H18O4S. The Balaban J connectivity index is 2.70. The number of carboxylic acids is 2. The van der Waals surface area contributed by atoms with Gasteiger partial charge >= 0.3 is 11.9 Å². The normalized spacial score (nSPS) is 12.1. The molecule has 0 bridgehead atoms. The number of carbonyl (C=O) groups is 2. The minimum Gasteiger partial charge on any atom is -0.481 e. The molecule has 0 aliphatic carbocycles. The monoisotopic (exact) mass is 282 g/mol. The molecule has 0 aliphatic rings. The van der Waals surface area contributed by atoms with Crippen LogP contribution in [0.2, 0.25) is 0 Å². The van der Waals surface area contributed by atoms with Gasteiger partial charge in [-0.3, -0.25) is 4.79 Å². The highest BCUT2D eigenvalue weighted by Crippen LogP contribution is 2.17. The van der Waals surface area contributed by atoms with E-state index in [2.05, 4.69) is 0 Å². The van der Waals surface area contributed by atoms with Crippen molar-refractivity contribution in [2.24, 2.45) is 5.92 Å². The van der Waals surface area contributed by atoms with Crippen LogP contribution in [0.15, 0.2) is 24.3 Å². The third-order valence-corrected chi connectivity index (χ3v) is 3.60. The van der Waals surface area contributed by atoms with E-state index in [1.807, 2.05) is 6.26 Å². The van der Waals surface area contributed by atoms with Gasteiger partial charge < -0.3 is 10.2 Å². The summed E-state index contributed by atoms with van der Waals surface area (Å²) in [5, 5.41) is 18.1. The second-order valence-electron chi connectivity index (χ2n) is 4.38. The van der Waals surface area contributed by atoms with Gasteiger partial charge in [-0.15, -0.1) is 0 Å². The van der Waals surface area contributed by atoms with Crippen molar-refractivity contribution >= 4 is 23.7 Å². The third-order valence-electron chi connectivity index (χ3n) is 2.91. The molecule has 1 aromatic rings. The number of hydrogen-bond donors (Lipinski definition) is 2. The van der Waals surface area contributed by atoms with Gasteiger partial charge in [0.25, 0.3) is 0 Å². The van der Waals surface area contributed by atoms with Crippen molar-refractivity contribution in [3.63, 3.8) is 0 Å². The van der Waals surface area contributed by atoms with Crippen LogP contribution in [0.25, 0.3) is 0 Å². The molecule has 0 aliphatic heterocycles. The zero-order valence-electron chi connectivity index (χ0n) is 10.8. The molecule has 5 heteroatoms. The Labute approximate surface area is 116 Å². The molecule has 0 amide bonds. The molecule has 19 heavy (non-hydrogen) atoms. The lowest BCUT2D eigenvalue weighted by atomic mass is 9.94. The van der Waals surface area contributed by atoms with Crippen LogP contribution in [0.3, 0.4) is 0 Å². The van der Waals surface area contributed by atoms with Crippen LogP contribution in [-0.4, -0.2) is 34.2 Å². The largest absolute Gasteiger partial charge is 0.481 e. The van der Waals surface area contributed by atoms with Crippen LogP contribution in [0, 0.1) is 5.92 Å². The lowest BCUT2D eigenvalue weighted by Gasteiger charge is -2.12. The van der Waals surface area contributed by atoms with E-state index >= 15 is 0 Å². The maximum absolute atomic E-state index is 11.2. The van der Waals surface area contributed by atoms with E-state index < -0.39 is 17.9 Å². The molecular weight excluding hydrogens is 264 g/mol. The molecule has 0 saturated heterocycles. The van der Waals surface area contributed by atoms with E-state index in [0.717, 1.165) is 17.7 Å². The van der Waals surface area contributed by atoms with E-state index in [4.69, 9.17) is 5.11 Å². The molecule has 1 rings (SSSR count). The molecule has 0 heterocycles. The first-order chi connectivity index (χ1) is 9.04. The zero-order chi connectivity index (χ0) is 14.3. The maximum atomic E-state index is 11.2. The SMILES string of the molecule is CSCCC[C@@H](Cc1cccc(C(=O)O)c1)C(=O)O. The Morgan fingerprint density at radius 1 is 1.32 bits per heavy atom. The van der Waals surface area contributed by atoms with Gasteiger partial charge in [-0.1, -0.05) is 12.1 Å². The Morgan fingerprint density at radius 2 is 2.05 bits per heavy atom. The minimum atomic E-state index is -0.990. The molecule has 1 aromatic carbocycles. The molecule has 0 aromatic heterocycles. The first kappa shape index (κ1) is 15.6. The number of aliphatic carboxylic acids is 1. The lowest BCUT2D eigenvalue weighted by molar-refractivity contribution is -0.141. The van der Waals surface area contributed by atoms with Gasteiger partial charge in [0.1, 0.15) is 0 Å². The molecule has 0 fully saturated rings. The van der Waals surface area contributed by atoms with Crippen molar-refractivity contribution in [2.45, 2.75) is 19.3 Å². The second-order valence-corrected chi connectivity index (χ2v) is 5.37. The summed E-state index contributed by atoms with van der Waals surface area (Å²) < 4.78 is 0. The van der Waals surface area contributed by atoms with E-state index in [1.165, 1.54) is 6.07 Å². The van der Waals surface area contributed by atoms with Crippen molar-refractivity contribution in [3.05, 3.63) is 35.4 Å². The molecule has 104 valence electrons. The highest BCUT2D eigenvalue weighted by molar-refractivity contribution is 7.98. The van der Waals surface area contributed by atoms with Gasteiger partial charge in [-0.25, -0.2) is 4.79 Å². The summed E-state index contributed by atoms with van der Waals surface area (Å²) in [4.78, 5) is 22.1. The van der Waals surface area contributed by atoms with Gasteiger partial charge in [0.05, 0.1) is 11.5 Å². The molecule has 2 N–H and O–H groups in total. The molecule has 1 atom stereocenters. The summed E-state index contributed by atoms with van der Waals surface area (Å²) in [5.74, 6) is -1.31. The second kappa shape index (κ2) is 7.84. The molecule has 0 radical (unpaired) electrons. The van der Waals surface area contributed by atoms with E-state index in [1.54, 1.807) is 30.0 Å². The van der Waals surface area contributed by atoms with Gasteiger partial charge in [-0.2, -0.15) is 11.8 Å². The van der Waals surface area contributed by atoms with Crippen molar-refractivity contribution in [2.75, 3.05) is 12.0 Å². The molecule has 0 unspecified atom stereocenters. The average Bonchev–Trinajstić information content (AvgIpc) is 2.38. The Bertz CT molecular complexity index is 445. The van der Waals surface area contributed by atoms with E-state index in [9.17, 15) is 14.7 Å². The van der Waals surface area contributed by atoms with Crippen molar-refractivity contribution < 1.29 is 19.8 Å². The number of aromatic carboxylic acids is 1. The number of carboxylic acid groups (broad SMARTS) is 2. The number of benzene rings is 1. The van der Waals surface area contributed by atoms with Crippen molar-refractivity contribution in [3.8, 4) is 0 Å². The van der Waals surface area contributed by atoms with Crippen LogP contribution in [0.1, 0.15) is 28.8 Å².